The van der Waals surface area contributed by atoms with E-state index in [1.54, 1.807) is 7.11 Å². The summed E-state index contributed by atoms with van der Waals surface area (Å²) in [5.74, 6) is 0.808. The smallest absolute Gasteiger partial charge is 0.131 e. The van der Waals surface area contributed by atoms with Crippen LogP contribution in [0.2, 0.25) is 0 Å². The highest BCUT2D eigenvalue weighted by atomic mass is 16.5. The number of aromatic nitrogens is 2. The van der Waals surface area contributed by atoms with E-state index < -0.39 is 0 Å². The number of nitrogens with zero attached hydrogens (tertiary/aromatic N) is 2. The first-order chi connectivity index (χ1) is 6.26. The lowest BCUT2D eigenvalue weighted by atomic mass is 10.3. The molecule has 1 aromatic heterocycles. The minimum atomic E-state index is 0.462. The van der Waals surface area contributed by atoms with Crippen LogP contribution in [0.1, 0.15) is 17.2 Å². The van der Waals surface area contributed by atoms with Crippen molar-refractivity contribution in [3.63, 3.8) is 0 Å². The molecule has 0 fully saturated rings. The monoisotopic (exact) mass is 181 g/mol. The summed E-state index contributed by atoms with van der Waals surface area (Å²) in [7, 11) is 1.67. The van der Waals surface area contributed by atoms with Crippen LogP contribution < -0.4 is 5.73 Å². The maximum atomic E-state index is 5.49. The minimum absolute atomic E-state index is 0.462. The molecular formula is C9H15N3O. The van der Waals surface area contributed by atoms with E-state index in [-0.39, 0.29) is 0 Å². The van der Waals surface area contributed by atoms with Gasteiger partial charge in [-0.1, -0.05) is 0 Å². The molecule has 0 unspecified atom stereocenters. The zero-order valence-electron chi connectivity index (χ0n) is 8.08. The molecule has 4 heteroatoms. The van der Waals surface area contributed by atoms with Gasteiger partial charge in [-0.3, -0.25) is 0 Å². The predicted molar refractivity (Wildman–Crippen MR) is 50.2 cm³/mol. The quantitative estimate of drug-likeness (QED) is 0.731. The Balaban J connectivity index is 2.76. The molecule has 0 bridgehead atoms. The Kier molecular flexibility index (Phi) is 3.79. The highest BCUT2D eigenvalue weighted by molar-refractivity contribution is 5.09. The minimum Gasteiger partial charge on any atom is -0.384 e. The van der Waals surface area contributed by atoms with Gasteiger partial charge < -0.3 is 10.5 Å². The lowest BCUT2D eigenvalue weighted by molar-refractivity contribution is 0.200. The normalized spacial score (nSPS) is 10.4. The van der Waals surface area contributed by atoms with Crippen LogP contribution in [0, 0.1) is 6.92 Å². The molecule has 13 heavy (non-hydrogen) atoms. The largest absolute Gasteiger partial charge is 0.384 e. The summed E-state index contributed by atoms with van der Waals surface area (Å²) in [5.41, 5.74) is 7.34. The zero-order chi connectivity index (χ0) is 9.68. The van der Waals surface area contributed by atoms with Crippen LogP contribution in [0.5, 0.6) is 0 Å². The molecule has 1 aromatic rings. The summed E-state index contributed by atoms with van der Waals surface area (Å²) in [4.78, 5) is 8.55. The molecule has 0 aliphatic heterocycles. The third-order valence-electron chi connectivity index (χ3n) is 1.69. The van der Waals surface area contributed by atoms with E-state index in [9.17, 15) is 0 Å². The molecule has 0 saturated carbocycles. The lowest BCUT2D eigenvalue weighted by Gasteiger charge is -2.03. The first-order valence-corrected chi connectivity index (χ1v) is 4.28. The molecular weight excluding hydrogens is 166 g/mol. The van der Waals surface area contributed by atoms with Gasteiger partial charge in [-0.25, -0.2) is 9.97 Å². The number of hydrogen-bond acceptors (Lipinski definition) is 4. The first-order valence-electron chi connectivity index (χ1n) is 4.28. The van der Waals surface area contributed by atoms with Crippen molar-refractivity contribution in [2.24, 2.45) is 5.73 Å². The number of aryl methyl sites for hydroxylation is 1. The van der Waals surface area contributed by atoms with Crippen LogP contribution >= 0.6 is 0 Å². The summed E-state index contributed by atoms with van der Waals surface area (Å²) < 4.78 is 4.95. The molecule has 4 nitrogen and oxygen atoms in total. The predicted octanol–water partition coefficient (Wildman–Crippen LogP) is 0.433. The van der Waals surface area contributed by atoms with Crippen LogP contribution in [0.25, 0.3) is 0 Å². The Bertz CT molecular complexity index is 276. The highest BCUT2D eigenvalue weighted by Gasteiger charge is 2.00. The summed E-state index contributed by atoms with van der Waals surface area (Å²) >= 11 is 0. The van der Waals surface area contributed by atoms with E-state index in [2.05, 4.69) is 9.97 Å². The molecule has 0 aliphatic rings. The van der Waals surface area contributed by atoms with Crippen molar-refractivity contribution < 1.29 is 4.74 Å². The van der Waals surface area contributed by atoms with Crippen molar-refractivity contribution in [3.05, 3.63) is 23.3 Å². The van der Waals surface area contributed by atoms with Gasteiger partial charge in [0.15, 0.2) is 0 Å². The second-order valence-corrected chi connectivity index (χ2v) is 2.86. The van der Waals surface area contributed by atoms with Crippen molar-refractivity contribution >= 4 is 0 Å². The Hall–Kier alpha value is -1.00. The zero-order valence-corrected chi connectivity index (χ0v) is 8.08. The molecule has 0 saturated heterocycles. The second-order valence-electron chi connectivity index (χ2n) is 2.86. The standard InChI is InChI=1S/C9H15N3O/c1-7-5-8(6-10)12-9(11-7)3-4-13-2/h5H,3-4,6,10H2,1-2H3. The molecule has 0 aromatic carbocycles. The van der Waals surface area contributed by atoms with Crippen LogP contribution in [-0.4, -0.2) is 23.7 Å². The number of rotatable bonds is 4. The first kappa shape index (κ1) is 10.1. The van der Waals surface area contributed by atoms with E-state index in [0.29, 0.717) is 13.2 Å². The van der Waals surface area contributed by atoms with Gasteiger partial charge in [-0.15, -0.1) is 0 Å². The topological polar surface area (TPSA) is 61.0 Å². The Labute approximate surface area is 78.1 Å². The van der Waals surface area contributed by atoms with Gasteiger partial charge >= 0.3 is 0 Å². The fraction of sp³-hybridized carbons (Fsp3) is 0.556. The lowest BCUT2D eigenvalue weighted by Crippen LogP contribution is -2.07. The van der Waals surface area contributed by atoms with Gasteiger partial charge in [-0.05, 0) is 13.0 Å². The molecule has 0 atom stereocenters. The van der Waals surface area contributed by atoms with Gasteiger partial charge in [0, 0.05) is 25.8 Å². The number of methoxy groups -OCH3 is 1. The molecule has 0 radical (unpaired) electrons. The summed E-state index contributed by atoms with van der Waals surface area (Å²) in [6, 6.07) is 1.90. The molecule has 1 rings (SSSR count). The average molecular weight is 181 g/mol. The third kappa shape index (κ3) is 3.08. The Morgan fingerprint density at radius 2 is 2.23 bits per heavy atom. The SMILES string of the molecule is COCCc1nc(C)cc(CN)n1. The average Bonchev–Trinajstić information content (AvgIpc) is 2.14. The molecule has 0 aliphatic carbocycles. The van der Waals surface area contributed by atoms with Crippen molar-refractivity contribution in [1.29, 1.82) is 0 Å². The van der Waals surface area contributed by atoms with Crippen molar-refractivity contribution in [1.82, 2.24) is 9.97 Å². The number of nitrogens with two attached hydrogens (primary N) is 1. The van der Waals surface area contributed by atoms with Gasteiger partial charge in [0.05, 0.1) is 12.3 Å². The van der Waals surface area contributed by atoms with Crippen molar-refractivity contribution in [2.75, 3.05) is 13.7 Å². The van der Waals surface area contributed by atoms with E-state index in [1.807, 2.05) is 13.0 Å². The molecule has 0 amide bonds. The Morgan fingerprint density at radius 3 is 2.85 bits per heavy atom. The fourth-order valence-corrected chi connectivity index (χ4v) is 1.11. The van der Waals surface area contributed by atoms with Crippen LogP contribution in [0.4, 0.5) is 0 Å². The van der Waals surface area contributed by atoms with Crippen LogP contribution in [0.15, 0.2) is 6.07 Å². The molecule has 1 heterocycles. The van der Waals surface area contributed by atoms with E-state index in [0.717, 1.165) is 23.6 Å². The number of hydrogen-bond donors (Lipinski definition) is 1. The van der Waals surface area contributed by atoms with E-state index in [4.69, 9.17) is 10.5 Å². The highest BCUT2D eigenvalue weighted by Crippen LogP contribution is 2.00. The summed E-state index contributed by atoms with van der Waals surface area (Å²) in [5, 5.41) is 0. The summed E-state index contributed by atoms with van der Waals surface area (Å²) in [6.45, 7) is 3.05. The van der Waals surface area contributed by atoms with Gasteiger partial charge in [0.2, 0.25) is 0 Å². The van der Waals surface area contributed by atoms with Crippen molar-refractivity contribution in [2.45, 2.75) is 19.9 Å². The molecule has 72 valence electrons. The molecule has 2 N–H and O–H groups in total. The van der Waals surface area contributed by atoms with Gasteiger partial charge in [0.1, 0.15) is 5.82 Å². The van der Waals surface area contributed by atoms with E-state index >= 15 is 0 Å². The Morgan fingerprint density at radius 1 is 1.46 bits per heavy atom. The number of ether oxygens (including phenoxy) is 1. The van der Waals surface area contributed by atoms with Gasteiger partial charge in [0.25, 0.3) is 0 Å². The third-order valence-corrected chi connectivity index (χ3v) is 1.69. The maximum absolute atomic E-state index is 5.49. The van der Waals surface area contributed by atoms with Crippen LogP contribution in [-0.2, 0) is 17.7 Å². The maximum Gasteiger partial charge on any atom is 0.131 e. The van der Waals surface area contributed by atoms with Crippen LogP contribution in [0.3, 0.4) is 0 Å². The second kappa shape index (κ2) is 4.89. The fourth-order valence-electron chi connectivity index (χ4n) is 1.11. The van der Waals surface area contributed by atoms with Crippen molar-refractivity contribution in [3.8, 4) is 0 Å². The summed E-state index contributed by atoms with van der Waals surface area (Å²) in [6.07, 6.45) is 0.741. The van der Waals surface area contributed by atoms with Gasteiger partial charge in [-0.2, -0.15) is 0 Å². The molecule has 0 spiro atoms. The van der Waals surface area contributed by atoms with E-state index in [1.165, 1.54) is 0 Å².